The monoisotopic (exact) mass is 458 g/mol. The summed E-state index contributed by atoms with van der Waals surface area (Å²) in [6.07, 6.45) is 0.669. The lowest BCUT2D eigenvalue weighted by atomic mass is 10.0. The van der Waals surface area contributed by atoms with Gasteiger partial charge < -0.3 is 15.0 Å². The third-order valence-electron chi connectivity index (χ3n) is 5.64. The molecule has 1 N–H and O–H groups in total. The second-order valence-electron chi connectivity index (χ2n) is 8.88. The summed E-state index contributed by atoms with van der Waals surface area (Å²) in [4.78, 5) is 28.8. The first-order chi connectivity index (χ1) is 16.5. The molecule has 0 heterocycles. The quantitative estimate of drug-likeness (QED) is 0.455. The zero-order chi connectivity index (χ0) is 24.3. The molecule has 2 amide bonds. The summed E-state index contributed by atoms with van der Waals surface area (Å²) in [5.74, 6) is 0.807. The van der Waals surface area contributed by atoms with Gasteiger partial charge in [0, 0.05) is 19.5 Å². The molecule has 0 fully saturated rings. The molecule has 5 heteroatoms. The van der Waals surface area contributed by atoms with Crippen molar-refractivity contribution in [1.82, 2.24) is 10.2 Å². The lowest BCUT2D eigenvalue weighted by Crippen LogP contribution is -2.51. The van der Waals surface area contributed by atoms with E-state index in [1.165, 1.54) is 0 Å². The second kappa shape index (κ2) is 12.6. The van der Waals surface area contributed by atoms with E-state index in [4.69, 9.17) is 4.74 Å². The van der Waals surface area contributed by atoms with Crippen LogP contribution in [0, 0.1) is 5.92 Å². The van der Waals surface area contributed by atoms with Gasteiger partial charge in [0.05, 0.1) is 13.5 Å². The Labute approximate surface area is 202 Å². The van der Waals surface area contributed by atoms with Crippen LogP contribution in [0.5, 0.6) is 5.75 Å². The summed E-state index contributed by atoms with van der Waals surface area (Å²) >= 11 is 0. The van der Waals surface area contributed by atoms with Crippen LogP contribution in [0.2, 0.25) is 0 Å². The van der Waals surface area contributed by atoms with Gasteiger partial charge in [-0.2, -0.15) is 0 Å². The Morgan fingerprint density at radius 2 is 1.47 bits per heavy atom. The number of hydrogen-bond donors (Lipinski definition) is 1. The van der Waals surface area contributed by atoms with Gasteiger partial charge in [-0.15, -0.1) is 0 Å². The molecule has 0 bridgehead atoms. The minimum atomic E-state index is -0.636. The second-order valence-corrected chi connectivity index (χ2v) is 8.88. The zero-order valence-corrected chi connectivity index (χ0v) is 20.2. The molecule has 0 spiro atoms. The van der Waals surface area contributed by atoms with E-state index in [1.54, 1.807) is 12.0 Å². The van der Waals surface area contributed by atoms with E-state index in [-0.39, 0.29) is 18.2 Å². The molecule has 0 radical (unpaired) electrons. The summed E-state index contributed by atoms with van der Waals surface area (Å²) in [6, 6.07) is 26.5. The molecular weight excluding hydrogens is 424 g/mol. The Kier molecular flexibility index (Phi) is 9.27. The highest BCUT2D eigenvalue weighted by atomic mass is 16.5. The molecule has 0 aliphatic carbocycles. The summed E-state index contributed by atoms with van der Waals surface area (Å²) in [5.41, 5.74) is 2.84. The molecule has 0 aromatic heterocycles. The fourth-order valence-corrected chi connectivity index (χ4v) is 3.82. The number of nitrogens with zero attached hydrogens (tertiary/aromatic N) is 1. The molecule has 1 atom stereocenters. The van der Waals surface area contributed by atoms with Crippen molar-refractivity contribution in [3.63, 3.8) is 0 Å². The predicted molar refractivity (Wildman–Crippen MR) is 135 cm³/mol. The van der Waals surface area contributed by atoms with Crippen LogP contribution < -0.4 is 10.1 Å². The van der Waals surface area contributed by atoms with Crippen molar-refractivity contribution in [1.29, 1.82) is 0 Å². The first-order valence-corrected chi connectivity index (χ1v) is 11.7. The number of nitrogens with one attached hydrogen (secondary N) is 1. The smallest absolute Gasteiger partial charge is 0.243 e. The Hall–Kier alpha value is -3.60. The number of rotatable bonds is 11. The van der Waals surface area contributed by atoms with Crippen LogP contribution in [0.25, 0.3) is 0 Å². The third-order valence-corrected chi connectivity index (χ3v) is 5.64. The molecule has 34 heavy (non-hydrogen) atoms. The van der Waals surface area contributed by atoms with Gasteiger partial charge in [0.25, 0.3) is 0 Å². The number of amides is 2. The largest absolute Gasteiger partial charge is 0.497 e. The lowest BCUT2D eigenvalue weighted by molar-refractivity contribution is -0.140. The highest BCUT2D eigenvalue weighted by Gasteiger charge is 2.30. The van der Waals surface area contributed by atoms with Gasteiger partial charge in [-0.25, -0.2) is 0 Å². The topological polar surface area (TPSA) is 58.6 Å². The average molecular weight is 459 g/mol. The first kappa shape index (κ1) is 25.0. The van der Waals surface area contributed by atoms with E-state index in [9.17, 15) is 9.59 Å². The summed E-state index contributed by atoms with van der Waals surface area (Å²) in [5, 5.41) is 3.05. The van der Waals surface area contributed by atoms with Crippen LogP contribution in [0.15, 0.2) is 84.9 Å². The molecule has 3 aromatic rings. The summed E-state index contributed by atoms with van der Waals surface area (Å²) in [7, 11) is 1.62. The Bertz CT molecular complexity index is 1050. The highest BCUT2D eigenvalue weighted by Crippen LogP contribution is 2.19. The first-order valence-electron chi connectivity index (χ1n) is 11.7. The van der Waals surface area contributed by atoms with Crippen molar-refractivity contribution in [2.45, 2.75) is 39.3 Å². The summed E-state index contributed by atoms with van der Waals surface area (Å²) in [6.45, 7) is 4.99. The van der Waals surface area contributed by atoms with Crippen LogP contribution in [0.3, 0.4) is 0 Å². The Balaban J connectivity index is 1.95. The standard InChI is InChI=1S/C29H34N2O3/c1-22(2)20-30-29(33)27(18-23-11-6-4-7-12-23)31(21-25-15-10-16-26(17-25)34-3)28(32)19-24-13-8-5-9-14-24/h4-17,22,27H,18-21H2,1-3H3,(H,30,33). The molecule has 3 aromatic carbocycles. The average Bonchev–Trinajstić information content (AvgIpc) is 2.86. The van der Waals surface area contributed by atoms with Crippen molar-refractivity contribution in [3.05, 3.63) is 102 Å². The van der Waals surface area contributed by atoms with E-state index < -0.39 is 6.04 Å². The van der Waals surface area contributed by atoms with E-state index in [0.29, 0.717) is 25.4 Å². The molecule has 178 valence electrons. The highest BCUT2D eigenvalue weighted by molar-refractivity contribution is 5.88. The number of ether oxygens (including phenoxy) is 1. The summed E-state index contributed by atoms with van der Waals surface area (Å²) < 4.78 is 5.38. The van der Waals surface area contributed by atoms with Crippen molar-refractivity contribution in [2.24, 2.45) is 5.92 Å². The van der Waals surface area contributed by atoms with Gasteiger partial charge in [-0.1, -0.05) is 86.6 Å². The van der Waals surface area contributed by atoms with E-state index in [0.717, 1.165) is 22.4 Å². The predicted octanol–water partition coefficient (Wildman–Crippen LogP) is 4.65. The minimum absolute atomic E-state index is 0.0883. The van der Waals surface area contributed by atoms with Crippen molar-refractivity contribution in [3.8, 4) is 5.75 Å². The van der Waals surface area contributed by atoms with Crippen LogP contribution in [-0.4, -0.2) is 36.4 Å². The number of carbonyl (C=O) groups is 2. The molecular formula is C29H34N2O3. The van der Waals surface area contributed by atoms with E-state index in [2.05, 4.69) is 19.2 Å². The molecule has 0 aliphatic heterocycles. The van der Waals surface area contributed by atoms with Gasteiger partial charge in [0.1, 0.15) is 11.8 Å². The van der Waals surface area contributed by atoms with Crippen LogP contribution >= 0.6 is 0 Å². The minimum Gasteiger partial charge on any atom is -0.497 e. The molecule has 0 saturated carbocycles. The Morgan fingerprint density at radius 1 is 0.853 bits per heavy atom. The number of hydrogen-bond acceptors (Lipinski definition) is 3. The molecule has 3 rings (SSSR count). The van der Waals surface area contributed by atoms with Gasteiger partial charge in [0.15, 0.2) is 0 Å². The van der Waals surface area contributed by atoms with Gasteiger partial charge in [-0.3, -0.25) is 9.59 Å². The SMILES string of the molecule is COc1cccc(CN(C(=O)Cc2ccccc2)C(Cc2ccccc2)C(=O)NCC(C)C)c1. The maximum atomic E-state index is 13.7. The van der Waals surface area contributed by atoms with Gasteiger partial charge in [0.2, 0.25) is 11.8 Å². The maximum absolute atomic E-state index is 13.7. The van der Waals surface area contributed by atoms with Crippen LogP contribution in [-0.2, 0) is 29.0 Å². The van der Waals surface area contributed by atoms with Crippen LogP contribution in [0.4, 0.5) is 0 Å². The molecule has 5 nitrogen and oxygen atoms in total. The molecule has 1 unspecified atom stereocenters. The van der Waals surface area contributed by atoms with E-state index in [1.807, 2.05) is 84.9 Å². The third kappa shape index (κ3) is 7.48. The normalized spacial score (nSPS) is 11.6. The maximum Gasteiger partial charge on any atom is 0.243 e. The molecule has 0 saturated heterocycles. The van der Waals surface area contributed by atoms with Crippen molar-refractivity contribution < 1.29 is 14.3 Å². The number of benzene rings is 3. The van der Waals surface area contributed by atoms with Crippen molar-refractivity contribution >= 4 is 11.8 Å². The van der Waals surface area contributed by atoms with Gasteiger partial charge in [-0.05, 0) is 34.7 Å². The number of methoxy groups -OCH3 is 1. The van der Waals surface area contributed by atoms with Gasteiger partial charge >= 0.3 is 0 Å². The molecule has 0 aliphatic rings. The number of carbonyl (C=O) groups excluding carboxylic acids is 2. The van der Waals surface area contributed by atoms with Crippen LogP contribution in [0.1, 0.15) is 30.5 Å². The fourth-order valence-electron chi connectivity index (χ4n) is 3.82. The zero-order valence-electron chi connectivity index (χ0n) is 20.2. The van der Waals surface area contributed by atoms with Crippen molar-refractivity contribution in [2.75, 3.05) is 13.7 Å². The Morgan fingerprint density at radius 3 is 2.09 bits per heavy atom. The lowest BCUT2D eigenvalue weighted by Gasteiger charge is -2.32. The van der Waals surface area contributed by atoms with E-state index >= 15 is 0 Å². The fraction of sp³-hybridized carbons (Fsp3) is 0.310.